The number of aryl methyl sites for hydroxylation is 3. The number of methoxy groups -OCH3 is 1. The van der Waals surface area contributed by atoms with Crippen LogP contribution >= 0.6 is 0 Å². The molecule has 0 saturated carbocycles. The number of aromatic nitrogens is 5. The number of hydrogen-bond acceptors (Lipinski definition) is 5. The maximum absolute atomic E-state index is 5.52. The van der Waals surface area contributed by atoms with Crippen molar-refractivity contribution in [3.05, 3.63) is 53.4 Å². The number of benzene rings is 1. The van der Waals surface area contributed by atoms with Crippen LogP contribution in [0.4, 0.5) is 5.82 Å². The van der Waals surface area contributed by atoms with Gasteiger partial charge in [0.05, 0.1) is 23.9 Å². The van der Waals surface area contributed by atoms with Gasteiger partial charge in [-0.2, -0.15) is 0 Å². The van der Waals surface area contributed by atoms with Crippen molar-refractivity contribution < 1.29 is 4.74 Å². The maximum Gasteiger partial charge on any atom is 0.143 e. The van der Waals surface area contributed by atoms with E-state index in [0.29, 0.717) is 0 Å². The maximum atomic E-state index is 5.52. The number of nitrogens with zero attached hydrogens (tertiary/aromatic N) is 4. The summed E-state index contributed by atoms with van der Waals surface area (Å²) in [5.41, 5.74) is 6.34. The third-order valence-electron chi connectivity index (χ3n) is 6.86. The van der Waals surface area contributed by atoms with E-state index < -0.39 is 0 Å². The molecule has 166 valence electrons. The van der Waals surface area contributed by atoms with Crippen LogP contribution in [0.2, 0.25) is 0 Å². The van der Waals surface area contributed by atoms with Crippen molar-refractivity contribution >= 4 is 16.9 Å². The normalized spacial score (nSPS) is 16.0. The number of fused-ring (bicyclic) bond motifs is 1. The summed E-state index contributed by atoms with van der Waals surface area (Å²) in [6.45, 7) is 10.4. The van der Waals surface area contributed by atoms with Crippen molar-refractivity contribution in [2.45, 2.75) is 46.0 Å². The fraction of sp³-hybridized carbons (Fsp3) is 0.400. The topological polar surface area (TPSA) is 82.7 Å². The zero-order chi connectivity index (χ0) is 22.5. The summed E-state index contributed by atoms with van der Waals surface area (Å²) in [4.78, 5) is 23.3. The van der Waals surface area contributed by atoms with E-state index in [9.17, 15) is 0 Å². The standard InChI is InChI=1S/C25H30N6O/c1-15-6-7-18(13-20(15)32-5)21-17(3)29-24(30-21)25(4)8-10-31(11-9-25)23-19-12-16(2)28-22(19)26-14-27-23/h6-7,12-14H,8-11H2,1-5H3,(H,29,30)(H,26,27,28). The molecule has 0 unspecified atom stereocenters. The first-order valence-corrected chi connectivity index (χ1v) is 11.2. The van der Waals surface area contributed by atoms with Crippen molar-refractivity contribution in [1.82, 2.24) is 24.9 Å². The van der Waals surface area contributed by atoms with Crippen molar-refractivity contribution in [1.29, 1.82) is 0 Å². The highest BCUT2D eigenvalue weighted by molar-refractivity contribution is 5.88. The molecule has 0 aliphatic carbocycles. The van der Waals surface area contributed by atoms with Gasteiger partial charge in [0, 0.05) is 29.8 Å². The van der Waals surface area contributed by atoms with E-state index in [2.05, 4.69) is 76.8 Å². The van der Waals surface area contributed by atoms with Crippen LogP contribution in [0.1, 0.15) is 42.5 Å². The van der Waals surface area contributed by atoms with Gasteiger partial charge in [-0.05, 0) is 51.3 Å². The molecular weight excluding hydrogens is 400 g/mol. The van der Waals surface area contributed by atoms with Crippen LogP contribution in [-0.2, 0) is 5.41 Å². The van der Waals surface area contributed by atoms with Gasteiger partial charge >= 0.3 is 0 Å². The lowest BCUT2D eigenvalue weighted by atomic mass is 9.79. The Bertz CT molecular complexity index is 1280. The second-order valence-electron chi connectivity index (χ2n) is 9.19. The van der Waals surface area contributed by atoms with Gasteiger partial charge in [0.15, 0.2) is 0 Å². The average molecular weight is 431 g/mol. The largest absolute Gasteiger partial charge is 0.496 e. The Balaban J connectivity index is 1.39. The van der Waals surface area contributed by atoms with E-state index in [1.165, 1.54) is 0 Å². The highest BCUT2D eigenvalue weighted by Crippen LogP contribution is 2.38. The monoisotopic (exact) mass is 430 g/mol. The van der Waals surface area contributed by atoms with Crippen LogP contribution in [-0.4, -0.2) is 45.1 Å². The number of hydrogen-bond donors (Lipinski definition) is 2. The van der Waals surface area contributed by atoms with Crippen molar-refractivity contribution in [3.63, 3.8) is 0 Å². The number of ether oxygens (including phenoxy) is 1. The van der Waals surface area contributed by atoms with Crippen LogP contribution in [0, 0.1) is 20.8 Å². The third kappa shape index (κ3) is 3.42. The smallest absolute Gasteiger partial charge is 0.143 e. The highest BCUT2D eigenvalue weighted by Gasteiger charge is 2.35. The van der Waals surface area contributed by atoms with Gasteiger partial charge in [0.25, 0.3) is 0 Å². The Morgan fingerprint density at radius 2 is 1.81 bits per heavy atom. The van der Waals surface area contributed by atoms with E-state index in [1.807, 2.05) is 0 Å². The molecule has 1 aliphatic rings. The van der Waals surface area contributed by atoms with Gasteiger partial charge in [0.2, 0.25) is 0 Å². The van der Waals surface area contributed by atoms with Crippen LogP contribution in [0.5, 0.6) is 5.75 Å². The van der Waals surface area contributed by atoms with Crippen LogP contribution in [0.3, 0.4) is 0 Å². The quantitative estimate of drug-likeness (QED) is 0.484. The summed E-state index contributed by atoms with van der Waals surface area (Å²) in [6, 6.07) is 8.45. The zero-order valence-corrected chi connectivity index (χ0v) is 19.4. The summed E-state index contributed by atoms with van der Waals surface area (Å²) in [7, 11) is 1.71. The Kier molecular flexibility index (Phi) is 4.92. The lowest BCUT2D eigenvalue weighted by molar-refractivity contribution is 0.345. The van der Waals surface area contributed by atoms with Crippen LogP contribution in [0.25, 0.3) is 22.3 Å². The molecule has 7 nitrogen and oxygen atoms in total. The molecule has 32 heavy (non-hydrogen) atoms. The van der Waals surface area contributed by atoms with Crippen molar-refractivity contribution in [2.24, 2.45) is 0 Å². The molecule has 1 saturated heterocycles. The van der Waals surface area contributed by atoms with Gasteiger partial charge in [-0.15, -0.1) is 0 Å². The second kappa shape index (κ2) is 7.65. The number of nitrogens with one attached hydrogen (secondary N) is 2. The molecule has 1 aromatic carbocycles. The van der Waals surface area contributed by atoms with E-state index in [4.69, 9.17) is 9.72 Å². The molecule has 0 spiro atoms. The minimum absolute atomic E-state index is 0.00545. The predicted molar refractivity (Wildman–Crippen MR) is 127 cm³/mol. The molecule has 1 fully saturated rings. The summed E-state index contributed by atoms with van der Waals surface area (Å²) in [5, 5.41) is 1.10. The predicted octanol–water partition coefficient (Wildman–Crippen LogP) is 4.84. The second-order valence-corrected chi connectivity index (χ2v) is 9.19. The molecule has 2 N–H and O–H groups in total. The van der Waals surface area contributed by atoms with E-state index in [0.717, 1.165) is 82.6 Å². The van der Waals surface area contributed by atoms with Crippen molar-refractivity contribution in [3.8, 4) is 17.0 Å². The first kappa shape index (κ1) is 20.5. The number of H-pyrrole nitrogens is 2. The average Bonchev–Trinajstić information content (AvgIpc) is 3.37. The van der Waals surface area contributed by atoms with E-state index in [-0.39, 0.29) is 5.41 Å². The van der Waals surface area contributed by atoms with Crippen molar-refractivity contribution in [2.75, 3.05) is 25.1 Å². The number of piperidine rings is 1. The Morgan fingerprint density at radius 3 is 2.56 bits per heavy atom. The number of aromatic amines is 2. The van der Waals surface area contributed by atoms with Gasteiger partial charge in [-0.25, -0.2) is 15.0 Å². The highest BCUT2D eigenvalue weighted by atomic mass is 16.5. The van der Waals surface area contributed by atoms with Crippen LogP contribution < -0.4 is 9.64 Å². The molecule has 7 heteroatoms. The zero-order valence-electron chi connectivity index (χ0n) is 19.4. The summed E-state index contributed by atoms with van der Waals surface area (Å²) in [6.07, 6.45) is 3.66. The number of rotatable bonds is 4. The summed E-state index contributed by atoms with van der Waals surface area (Å²) in [5.74, 6) is 2.98. The Morgan fingerprint density at radius 1 is 1.03 bits per heavy atom. The first-order valence-electron chi connectivity index (χ1n) is 11.2. The molecule has 0 radical (unpaired) electrons. The molecular formula is C25H30N6O. The van der Waals surface area contributed by atoms with Crippen LogP contribution in [0.15, 0.2) is 30.6 Å². The lowest BCUT2D eigenvalue weighted by Crippen LogP contribution is -2.42. The fourth-order valence-electron chi connectivity index (χ4n) is 4.76. The summed E-state index contributed by atoms with van der Waals surface area (Å²) >= 11 is 0. The minimum atomic E-state index is -0.00545. The Hall–Kier alpha value is -3.35. The van der Waals surface area contributed by atoms with Gasteiger partial charge in [-0.3, -0.25) is 0 Å². The number of imidazole rings is 1. The summed E-state index contributed by atoms with van der Waals surface area (Å²) < 4.78 is 5.52. The molecule has 0 bridgehead atoms. The SMILES string of the molecule is COc1cc(-c2[nH]c(C3(C)CCN(c4ncnc5[nH]c(C)cc45)CC3)nc2C)ccc1C. The van der Waals surface area contributed by atoms with E-state index >= 15 is 0 Å². The molecule has 4 aromatic rings. The van der Waals surface area contributed by atoms with Gasteiger partial charge < -0.3 is 19.6 Å². The van der Waals surface area contributed by atoms with Gasteiger partial charge in [-0.1, -0.05) is 19.1 Å². The van der Waals surface area contributed by atoms with E-state index in [1.54, 1.807) is 13.4 Å². The fourth-order valence-corrected chi connectivity index (χ4v) is 4.76. The molecule has 3 aromatic heterocycles. The third-order valence-corrected chi connectivity index (χ3v) is 6.86. The molecule has 0 atom stereocenters. The molecule has 0 amide bonds. The molecule has 4 heterocycles. The first-order chi connectivity index (χ1) is 15.4. The molecule has 5 rings (SSSR count). The molecule has 1 aliphatic heterocycles. The Labute approximate surface area is 188 Å². The minimum Gasteiger partial charge on any atom is -0.496 e. The lowest BCUT2D eigenvalue weighted by Gasteiger charge is -2.38. The van der Waals surface area contributed by atoms with Gasteiger partial charge in [0.1, 0.15) is 29.4 Å². The number of anilines is 1.